The minimum absolute atomic E-state index is 0.0221. The van der Waals surface area contributed by atoms with Crippen molar-refractivity contribution in [2.45, 2.75) is 32.7 Å². The van der Waals surface area contributed by atoms with E-state index in [4.69, 9.17) is 0 Å². The van der Waals surface area contributed by atoms with E-state index in [0.29, 0.717) is 5.56 Å². The number of rotatable bonds is 5. The molecule has 110 valence electrons. The van der Waals surface area contributed by atoms with E-state index in [0.717, 1.165) is 22.9 Å². The number of halogens is 1. The zero-order valence-electron chi connectivity index (χ0n) is 12.4. The van der Waals surface area contributed by atoms with Crippen LogP contribution in [0.25, 0.3) is 0 Å². The molecule has 1 amide bonds. The highest BCUT2D eigenvalue weighted by atomic mass is 79.9. The second-order valence-electron chi connectivity index (χ2n) is 5.34. The fourth-order valence-electron chi connectivity index (χ4n) is 2.22. The Kier molecular flexibility index (Phi) is 5.57. The molecule has 1 atom stereocenters. The Labute approximate surface area is 134 Å². The Morgan fingerprint density at radius 2 is 1.86 bits per heavy atom. The average Bonchev–Trinajstić information content (AvgIpc) is 2.49. The first-order valence-electron chi connectivity index (χ1n) is 7.18. The van der Waals surface area contributed by atoms with Crippen molar-refractivity contribution in [3.8, 4) is 0 Å². The fourth-order valence-corrected chi connectivity index (χ4v) is 2.67. The molecule has 2 nitrogen and oxygen atoms in total. The molecule has 0 saturated carbocycles. The number of nitrogens with one attached hydrogen (secondary N) is 1. The van der Waals surface area contributed by atoms with Crippen molar-refractivity contribution in [1.82, 2.24) is 5.32 Å². The van der Waals surface area contributed by atoms with Crippen molar-refractivity contribution in [1.29, 1.82) is 0 Å². The Morgan fingerprint density at radius 1 is 1.14 bits per heavy atom. The van der Waals surface area contributed by atoms with Crippen molar-refractivity contribution in [2.75, 3.05) is 0 Å². The molecule has 0 radical (unpaired) electrons. The minimum atomic E-state index is -0.0221. The summed E-state index contributed by atoms with van der Waals surface area (Å²) in [5, 5.41) is 3.07. The number of benzene rings is 2. The predicted octanol–water partition coefficient (Wildman–Crippen LogP) is 4.51. The van der Waals surface area contributed by atoms with Crippen LogP contribution in [0.5, 0.6) is 0 Å². The van der Waals surface area contributed by atoms with Crippen molar-refractivity contribution in [3.63, 3.8) is 0 Å². The van der Waals surface area contributed by atoms with Crippen LogP contribution in [0.2, 0.25) is 0 Å². The van der Waals surface area contributed by atoms with Crippen LogP contribution in [0.15, 0.2) is 53.0 Å². The monoisotopic (exact) mass is 345 g/mol. The van der Waals surface area contributed by atoms with E-state index in [1.54, 1.807) is 0 Å². The van der Waals surface area contributed by atoms with Gasteiger partial charge < -0.3 is 5.32 Å². The maximum absolute atomic E-state index is 12.3. The Bertz CT molecular complexity index is 610. The smallest absolute Gasteiger partial charge is 0.252 e. The third kappa shape index (κ3) is 4.43. The molecule has 3 heteroatoms. The summed E-state index contributed by atoms with van der Waals surface area (Å²) in [6.07, 6.45) is 1.90. The summed E-state index contributed by atoms with van der Waals surface area (Å²) in [6.45, 7) is 4.03. The van der Waals surface area contributed by atoms with Gasteiger partial charge in [0.15, 0.2) is 0 Å². The van der Waals surface area contributed by atoms with Crippen molar-refractivity contribution in [2.24, 2.45) is 0 Å². The van der Waals surface area contributed by atoms with Crippen LogP contribution in [0.4, 0.5) is 0 Å². The molecule has 0 aliphatic carbocycles. The quantitative estimate of drug-likeness (QED) is 0.848. The highest BCUT2D eigenvalue weighted by molar-refractivity contribution is 9.10. The molecule has 1 unspecified atom stereocenters. The van der Waals surface area contributed by atoms with E-state index >= 15 is 0 Å². The fraction of sp³-hybridized carbons (Fsp3) is 0.278. The molecular weight excluding hydrogens is 326 g/mol. The van der Waals surface area contributed by atoms with Gasteiger partial charge in [0.1, 0.15) is 0 Å². The lowest BCUT2D eigenvalue weighted by Gasteiger charge is -2.15. The van der Waals surface area contributed by atoms with Crippen LogP contribution >= 0.6 is 15.9 Å². The molecule has 1 N–H and O–H groups in total. The van der Waals surface area contributed by atoms with Gasteiger partial charge in [-0.1, -0.05) is 42.5 Å². The lowest BCUT2D eigenvalue weighted by molar-refractivity contribution is 0.0937. The zero-order chi connectivity index (χ0) is 15.2. The molecule has 0 aliphatic heterocycles. The van der Waals surface area contributed by atoms with Crippen LogP contribution in [-0.2, 0) is 6.42 Å². The SMILES string of the molecule is Cc1cccc(C(=O)NC(C)CCc2ccccc2)c1Br. The number of carbonyl (C=O) groups is 1. The summed E-state index contributed by atoms with van der Waals surface area (Å²) < 4.78 is 0.873. The molecule has 0 fully saturated rings. The van der Waals surface area contributed by atoms with Crippen LogP contribution in [0.1, 0.15) is 34.8 Å². The molecule has 2 rings (SSSR count). The first kappa shape index (κ1) is 15.8. The third-order valence-electron chi connectivity index (χ3n) is 3.52. The first-order chi connectivity index (χ1) is 10.1. The second kappa shape index (κ2) is 7.41. The summed E-state index contributed by atoms with van der Waals surface area (Å²) in [4.78, 5) is 12.3. The van der Waals surface area contributed by atoms with Gasteiger partial charge in [-0.05, 0) is 59.8 Å². The summed E-state index contributed by atoms with van der Waals surface area (Å²) in [6, 6.07) is 16.2. The lowest BCUT2D eigenvalue weighted by atomic mass is 10.1. The molecule has 0 heterocycles. The van der Waals surface area contributed by atoms with E-state index in [2.05, 4.69) is 33.4 Å². The molecular formula is C18H20BrNO. The standard InChI is InChI=1S/C18H20BrNO/c1-13-7-6-10-16(17(13)19)18(21)20-14(2)11-12-15-8-4-3-5-9-15/h3-10,14H,11-12H2,1-2H3,(H,20,21). The number of hydrogen-bond donors (Lipinski definition) is 1. The van der Waals surface area contributed by atoms with Crippen LogP contribution in [-0.4, -0.2) is 11.9 Å². The highest BCUT2D eigenvalue weighted by Gasteiger charge is 2.13. The summed E-state index contributed by atoms with van der Waals surface area (Å²) in [5.74, 6) is -0.0221. The molecule has 0 spiro atoms. The van der Waals surface area contributed by atoms with E-state index < -0.39 is 0 Å². The minimum Gasteiger partial charge on any atom is -0.350 e. The van der Waals surface area contributed by atoms with Crippen molar-refractivity contribution < 1.29 is 4.79 Å². The van der Waals surface area contributed by atoms with Gasteiger partial charge >= 0.3 is 0 Å². The Balaban J connectivity index is 1.92. The molecule has 0 aliphatic rings. The molecule has 2 aromatic rings. The maximum Gasteiger partial charge on any atom is 0.252 e. The number of carbonyl (C=O) groups excluding carboxylic acids is 1. The van der Waals surface area contributed by atoms with Crippen LogP contribution in [0, 0.1) is 6.92 Å². The average molecular weight is 346 g/mol. The zero-order valence-corrected chi connectivity index (χ0v) is 14.0. The Hall–Kier alpha value is -1.61. The summed E-state index contributed by atoms with van der Waals surface area (Å²) in [7, 11) is 0. The number of aryl methyl sites for hydroxylation is 2. The third-order valence-corrected chi connectivity index (χ3v) is 4.58. The normalized spacial score (nSPS) is 12.0. The maximum atomic E-state index is 12.3. The lowest BCUT2D eigenvalue weighted by Crippen LogP contribution is -2.33. The second-order valence-corrected chi connectivity index (χ2v) is 6.13. The van der Waals surface area contributed by atoms with E-state index in [9.17, 15) is 4.79 Å². The Morgan fingerprint density at radius 3 is 2.57 bits per heavy atom. The molecule has 0 saturated heterocycles. The highest BCUT2D eigenvalue weighted by Crippen LogP contribution is 2.21. The van der Waals surface area contributed by atoms with E-state index in [1.807, 2.05) is 50.2 Å². The van der Waals surface area contributed by atoms with Crippen molar-refractivity contribution >= 4 is 21.8 Å². The van der Waals surface area contributed by atoms with E-state index in [-0.39, 0.29) is 11.9 Å². The van der Waals surface area contributed by atoms with E-state index in [1.165, 1.54) is 5.56 Å². The largest absolute Gasteiger partial charge is 0.350 e. The topological polar surface area (TPSA) is 29.1 Å². The number of hydrogen-bond acceptors (Lipinski definition) is 1. The van der Waals surface area contributed by atoms with Crippen molar-refractivity contribution in [3.05, 3.63) is 69.7 Å². The van der Waals surface area contributed by atoms with Gasteiger partial charge in [0.2, 0.25) is 0 Å². The molecule has 21 heavy (non-hydrogen) atoms. The first-order valence-corrected chi connectivity index (χ1v) is 7.97. The molecule has 2 aromatic carbocycles. The summed E-state index contributed by atoms with van der Waals surface area (Å²) in [5.41, 5.74) is 3.07. The van der Waals surface area contributed by atoms with Crippen LogP contribution < -0.4 is 5.32 Å². The van der Waals surface area contributed by atoms with Gasteiger partial charge in [-0.25, -0.2) is 0 Å². The van der Waals surface area contributed by atoms with Gasteiger partial charge in [-0.2, -0.15) is 0 Å². The predicted molar refractivity (Wildman–Crippen MR) is 90.6 cm³/mol. The van der Waals surface area contributed by atoms with Gasteiger partial charge in [0, 0.05) is 10.5 Å². The summed E-state index contributed by atoms with van der Waals surface area (Å²) >= 11 is 3.49. The molecule has 0 aromatic heterocycles. The van der Waals surface area contributed by atoms with Gasteiger partial charge in [-0.15, -0.1) is 0 Å². The van der Waals surface area contributed by atoms with Gasteiger partial charge in [0.05, 0.1) is 5.56 Å². The van der Waals surface area contributed by atoms with Crippen LogP contribution in [0.3, 0.4) is 0 Å². The molecule has 0 bridgehead atoms. The van der Waals surface area contributed by atoms with Gasteiger partial charge in [0.25, 0.3) is 5.91 Å². The van der Waals surface area contributed by atoms with Gasteiger partial charge in [-0.3, -0.25) is 4.79 Å². The number of amides is 1.